The van der Waals surface area contributed by atoms with E-state index < -0.39 is 0 Å². The molecular formula is C13H20O2. The molecule has 2 nitrogen and oxygen atoms in total. The van der Waals surface area contributed by atoms with E-state index >= 15 is 0 Å². The highest BCUT2D eigenvalue weighted by Crippen LogP contribution is 2.05. The Labute approximate surface area is 92.3 Å². The van der Waals surface area contributed by atoms with E-state index in [1.165, 1.54) is 0 Å². The second-order valence-electron chi connectivity index (χ2n) is 3.32. The van der Waals surface area contributed by atoms with Crippen LogP contribution < -0.4 is 4.74 Å². The Morgan fingerprint density at radius 2 is 1.87 bits per heavy atom. The molecule has 1 aromatic carbocycles. The predicted molar refractivity (Wildman–Crippen MR) is 63.2 cm³/mol. The summed E-state index contributed by atoms with van der Waals surface area (Å²) in [5, 5.41) is 0. The number of benzene rings is 1. The van der Waals surface area contributed by atoms with Gasteiger partial charge in [-0.2, -0.15) is 0 Å². The van der Waals surface area contributed by atoms with Gasteiger partial charge in [-0.15, -0.1) is 0 Å². The molecule has 0 saturated heterocycles. The molecule has 0 fully saturated rings. The van der Waals surface area contributed by atoms with Gasteiger partial charge in [-0.1, -0.05) is 31.5 Å². The maximum atomic E-state index is 10.2. The highest BCUT2D eigenvalue weighted by atomic mass is 16.5. The van der Waals surface area contributed by atoms with Gasteiger partial charge in [0.1, 0.15) is 11.5 Å². The lowest BCUT2D eigenvalue weighted by molar-refractivity contribution is -0.117. The molecule has 84 valence electrons. The van der Waals surface area contributed by atoms with Crippen molar-refractivity contribution in [2.24, 2.45) is 0 Å². The van der Waals surface area contributed by atoms with Crippen LogP contribution in [0.3, 0.4) is 0 Å². The van der Waals surface area contributed by atoms with Crippen molar-refractivity contribution >= 4 is 5.78 Å². The summed E-state index contributed by atoms with van der Waals surface area (Å²) in [6, 6.07) is 9.68. The molecular weight excluding hydrogens is 188 g/mol. The number of unbranched alkanes of at least 4 members (excludes halogenated alkanes) is 1. The Kier molecular flexibility index (Phi) is 8.44. The fourth-order valence-electron chi connectivity index (χ4n) is 0.982. The fraction of sp³-hybridized carbons (Fsp3) is 0.462. The lowest BCUT2D eigenvalue weighted by Crippen LogP contribution is -1.86. The number of hydrogen-bond donors (Lipinski definition) is 0. The number of hydrogen-bond acceptors (Lipinski definition) is 2. The first-order chi connectivity index (χ1) is 7.20. The standard InChI is InChI=1S/C7H8O.C6H12O/c1-8-7-5-3-2-4-6-7;1-3-4-5-6(2)7/h2-6H,1H3;3-5H2,1-2H3. The number of methoxy groups -OCH3 is 1. The van der Waals surface area contributed by atoms with Gasteiger partial charge in [0.05, 0.1) is 7.11 Å². The SMILES string of the molecule is CCCCC(C)=O.COc1ccccc1. The topological polar surface area (TPSA) is 26.3 Å². The van der Waals surface area contributed by atoms with Gasteiger partial charge in [0.2, 0.25) is 0 Å². The van der Waals surface area contributed by atoms with Crippen LogP contribution in [0.4, 0.5) is 0 Å². The van der Waals surface area contributed by atoms with E-state index in [1.807, 2.05) is 30.3 Å². The first kappa shape index (κ1) is 13.7. The molecule has 0 radical (unpaired) electrons. The van der Waals surface area contributed by atoms with E-state index in [1.54, 1.807) is 14.0 Å². The van der Waals surface area contributed by atoms with Crippen molar-refractivity contribution in [3.05, 3.63) is 30.3 Å². The third kappa shape index (κ3) is 9.01. The number of Topliss-reactive ketones (excluding diaryl/α,β-unsaturated/α-hetero) is 1. The Morgan fingerprint density at radius 3 is 2.13 bits per heavy atom. The maximum Gasteiger partial charge on any atom is 0.129 e. The van der Waals surface area contributed by atoms with Crippen molar-refractivity contribution in [3.63, 3.8) is 0 Å². The summed E-state index contributed by atoms with van der Waals surface area (Å²) in [4.78, 5) is 10.2. The Morgan fingerprint density at radius 1 is 1.27 bits per heavy atom. The second kappa shape index (κ2) is 9.25. The van der Waals surface area contributed by atoms with Crippen LogP contribution in [0.5, 0.6) is 5.75 Å². The summed E-state index contributed by atoms with van der Waals surface area (Å²) < 4.78 is 4.91. The van der Waals surface area contributed by atoms with Crippen LogP contribution in [0.25, 0.3) is 0 Å². The van der Waals surface area contributed by atoms with Crippen molar-refractivity contribution < 1.29 is 9.53 Å². The molecule has 0 aromatic heterocycles. The number of para-hydroxylation sites is 1. The van der Waals surface area contributed by atoms with Gasteiger partial charge < -0.3 is 9.53 Å². The summed E-state index contributed by atoms with van der Waals surface area (Å²) in [6.07, 6.45) is 2.94. The van der Waals surface area contributed by atoms with E-state index in [4.69, 9.17) is 4.74 Å². The second-order valence-corrected chi connectivity index (χ2v) is 3.32. The van der Waals surface area contributed by atoms with Crippen LogP contribution in [0, 0.1) is 0 Å². The Balaban J connectivity index is 0.000000265. The minimum atomic E-state index is 0.307. The Hall–Kier alpha value is -1.31. The highest BCUT2D eigenvalue weighted by molar-refractivity contribution is 5.75. The molecule has 0 amide bonds. The van der Waals surface area contributed by atoms with Crippen molar-refractivity contribution in [2.75, 3.05) is 7.11 Å². The van der Waals surface area contributed by atoms with Crippen molar-refractivity contribution in [1.29, 1.82) is 0 Å². The van der Waals surface area contributed by atoms with Gasteiger partial charge >= 0.3 is 0 Å². The average molecular weight is 208 g/mol. The number of ether oxygens (including phenoxy) is 1. The number of rotatable bonds is 4. The van der Waals surface area contributed by atoms with Crippen LogP contribution in [-0.4, -0.2) is 12.9 Å². The zero-order valence-electron chi connectivity index (χ0n) is 9.82. The van der Waals surface area contributed by atoms with Crippen molar-refractivity contribution in [3.8, 4) is 5.75 Å². The van der Waals surface area contributed by atoms with Crippen LogP contribution >= 0.6 is 0 Å². The monoisotopic (exact) mass is 208 g/mol. The molecule has 0 aliphatic carbocycles. The lowest BCUT2D eigenvalue weighted by Gasteiger charge is -1.93. The molecule has 1 rings (SSSR count). The molecule has 0 aliphatic heterocycles. The first-order valence-corrected chi connectivity index (χ1v) is 5.29. The third-order valence-electron chi connectivity index (χ3n) is 1.86. The zero-order chi connectivity index (χ0) is 11.5. The molecule has 0 N–H and O–H groups in total. The molecule has 0 aliphatic rings. The van der Waals surface area contributed by atoms with Crippen LogP contribution in [-0.2, 0) is 4.79 Å². The van der Waals surface area contributed by atoms with E-state index in [0.717, 1.165) is 25.0 Å². The fourth-order valence-corrected chi connectivity index (χ4v) is 0.982. The summed E-state index contributed by atoms with van der Waals surface area (Å²) in [7, 11) is 1.66. The summed E-state index contributed by atoms with van der Waals surface area (Å²) in [5.74, 6) is 1.22. The average Bonchev–Trinajstić information content (AvgIpc) is 2.28. The highest BCUT2D eigenvalue weighted by Gasteiger charge is 1.87. The normalized spacial score (nSPS) is 8.73. The van der Waals surface area contributed by atoms with E-state index in [9.17, 15) is 4.79 Å². The van der Waals surface area contributed by atoms with Gasteiger partial charge in [-0.05, 0) is 25.5 Å². The number of ketones is 1. The quantitative estimate of drug-likeness (QED) is 0.757. The van der Waals surface area contributed by atoms with Crippen molar-refractivity contribution in [1.82, 2.24) is 0 Å². The van der Waals surface area contributed by atoms with E-state index in [-0.39, 0.29) is 0 Å². The minimum Gasteiger partial charge on any atom is -0.497 e. The molecule has 0 heterocycles. The molecule has 0 atom stereocenters. The number of carbonyl (C=O) groups excluding carboxylic acids is 1. The van der Waals surface area contributed by atoms with E-state index in [2.05, 4.69) is 6.92 Å². The van der Waals surface area contributed by atoms with Gasteiger partial charge in [0.25, 0.3) is 0 Å². The zero-order valence-corrected chi connectivity index (χ0v) is 9.82. The molecule has 2 heteroatoms. The molecule has 0 unspecified atom stereocenters. The molecule has 0 saturated carbocycles. The molecule has 1 aromatic rings. The molecule has 0 bridgehead atoms. The summed E-state index contributed by atoms with van der Waals surface area (Å²) in [6.45, 7) is 3.72. The summed E-state index contributed by atoms with van der Waals surface area (Å²) in [5.41, 5.74) is 0. The Bertz CT molecular complexity index is 254. The van der Waals surface area contributed by atoms with Crippen molar-refractivity contribution in [2.45, 2.75) is 33.1 Å². The smallest absolute Gasteiger partial charge is 0.129 e. The maximum absolute atomic E-state index is 10.2. The third-order valence-corrected chi connectivity index (χ3v) is 1.86. The number of carbonyl (C=O) groups is 1. The molecule has 0 spiro atoms. The van der Waals surface area contributed by atoms with Gasteiger partial charge in [0.15, 0.2) is 0 Å². The summed E-state index contributed by atoms with van der Waals surface area (Å²) >= 11 is 0. The van der Waals surface area contributed by atoms with E-state index in [0.29, 0.717) is 5.78 Å². The van der Waals surface area contributed by atoms with Gasteiger partial charge in [-0.3, -0.25) is 0 Å². The van der Waals surface area contributed by atoms with Gasteiger partial charge in [-0.25, -0.2) is 0 Å². The molecule has 15 heavy (non-hydrogen) atoms. The first-order valence-electron chi connectivity index (χ1n) is 5.29. The lowest BCUT2D eigenvalue weighted by atomic mass is 10.2. The van der Waals surface area contributed by atoms with Crippen LogP contribution in [0.2, 0.25) is 0 Å². The largest absolute Gasteiger partial charge is 0.497 e. The predicted octanol–water partition coefficient (Wildman–Crippen LogP) is 3.46. The van der Waals surface area contributed by atoms with Gasteiger partial charge in [0, 0.05) is 6.42 Å². The van der Waals surface area contributed by atoms with Crippen LogP contribution in [0.1, 0.15) is 33.1 Å². The van der Waals surface area contributed by atoms with Crippen LogP contribution in [0.15, 0.2) is 30.3 Å². The minimum absolute atomic E-state index is 0.307.